The molecule has 3 heterocycles. The summed E-state index contributed by atoms with van der Waals surface area (Å²) >= 11 is 6.38. The molecule has 7 nitrogen and oxygen atoms in total. The summed E-state index contributed by atoms with van der Waals surface area (Å²) in [6, 6.07) is 14.2. The van der Waals surface area contributed by atoms with Gasteiger partial charge in [0, 0.05) is 43.1 Å². The first kappa shape index (κ1) is 20.7. The smallest absolute Gasteiger partial charge is 0.254 e. The van der Waals surface area contributed by atoms with Gasteiger partial charge >= 0.3 is 0 Å². The Bertz CT molecular complexity index is 1160. The van der Waals surface area contributed by atoms with Gasteiger partial charge in [-0.1, -0.05) is 23.7 Å². The molecular formula is C24H25ClN6O. The highest BCUT2D eigenvalue weighted by Gasteiger charge is 2.21. The van der Waals surface area contributed by atoms with Crippen molar-refractivity contribution >= 4 is 40.6 Å². The summed E-state index contributed by atoms with van der Waals surface area (Å²) in [4.78, 5) is 26.3. The number of nitrogens with one attached hydrogen (secondary N) is 2. The highest BCUT2D eigenvalue weighted by Crippen LogP contribution is 2.28. The van der Waals surface area contributed by atoms with Gasteiger partial charge in [-0.15, -0.1) is 0 Å². The van der Waals surface area contributed by atoms with Gasteiger partial charge in [0.15, 0.2) is 5.82 Å². The van der Waals surface area contributed by atoms with Crippen molar-refractivity contribution in [3.63, 3.8) is 0 Å². The summed E-state index contributed by atoms with van der Waals surface area (Å²) in [5.74, 6) is 1.01. The Balaban J connectivity index is 1.53. The monoisotopic (exact) mass is 448 g/mol. The fourth-order valence-corrected chi connectivity index (χ4v) is 4.24. The molecular weight excluding hydrogens is 424 g/mol. The number of halogens is 1. The highest BCUT2D eigenvalue weighted by molar-refractivity contribution is 6.32. The normalized spacial score (nSPS) is 16.1. The van der Waals surface area contributed by atoms with Gasteiger partial charge in [0.25, 0.3) is 5.91 Å². The van der Waals surface area contributed by atoms with E-state index in [1.807, 2.05) is 29.2 Å². The number of aryl methyl sites for hydroxylation is 2. The molecule has 2 aromatic carbocycles. The lowest BCUT2D eigenvalue weighted by molar-refractivity contribution is 0.0664. The fourth-order valence-electron chi connectivity index (χ4n) is 4.10. The Morgan fingerprint density at radius 3 is 2.59 bits per heavy atom. The first-order chi connectivity index (χ1) is 15.5. The minimum Gasteiger partial charge on any atom is -0.339 e. The van der Waals surface area contributed by atoms with E-state index in [1.165, 1.54) is 5.56 Å². The Hall–Kier alpha value is -3.16. The molecule has 0 spiro atoms. The number of nitrogens with zero attached hydrogens (tertiary/aromatic N) is 4. The van der Waals surface area contributed by atoms with Crippen molar-refractivity contribution in [2.45, 2.75) is 12.8 Å². The Morgan fingerprint density at radius 1 is 0.969 bits per heavy atom. The van der Waals surface area contributed by atoms with E-state index in [4.69, 9.17) is 11.6 Å². The van der Waals surface area contributed by atoms with E-state index < -0.39 is 0 Å². The third kappa shape index (κ3) is 4.54. The second-order valence-corrected chi connectivity index (χ2v) is 8.76. The average molecular weight is 449 g/mol. The van der Waals surface area contributed by atoms with E-state index in [0.29, 0.717) is 22.4 Å². The zero-order valence-electron chi connectivity index (χ0n) is 17.9. The molecule has 1 fully saturated rings. The van der Waals surface area contributed by atoms with Crippen molar-refractivity contribution < 1.29 is 4.79 Å². The van der Waals surface area contributed by atoms with E-state index in [2.05, 4.69) is 50.7 Å². The van der Waals surface area contributed by atoms with Crippen molar-refractivity contribution in [2.75, 3.05) is 43.9 Å². The number of piperazine rings is 1. The first-order valence-corrected chi connectivity index (χ1v) is 11.2. The largest absolute Gasteiger partial charge is 0.339 e. The molecule has 5 rings (SSSR count). The van der Waals surface area contributed by atoms with E-state index in [-0.39, 0.29) is 5.91 Å². The molecule has 2 aliphatic rings. The van der Waals surface area contributed by atoms with Gasteiger partial charge < -0.3 is 20.4 Å². The van der Waals surface area contributed by atoms with Crippen molar-refractivity contribution in [2.24, 2.45) is 0 Å². The number of anilines is 4. The number of hydrogen-bond donors (Lipinski definition) is 2. The molecule has 0 unspecified atom stereocenters. The van der Waals surface area contributed by atoms with Gasteiger partial charge in [-0.3, -0.25) is 4.79 Å². The number of carbonyl (C=O) groups excluding carboxylic acids is 1. The Labute approximate surface area is 192 Å². The summed E-state index contributed by atoms with van der Waals surface area (Å²) in [7, 11) is 2.08. The standard InChI is InChI=1S/C24H25ClN6O/c1-30-7-9-31(10-8-30)23(32)18-11-17-6-5-16-3-2-4-19(12-16)28-24-26-15-21(25)22(29-24)27-20(13-17)14-18/h2-4,11-15H,5-10H2,1H3,(H2,26,27,28,29). The number of benzene rings is 2. The van der Waals surface area contributed by atoms with Crippen molar-refractivity contribution in [3.05, 3.63) is 70.4 Å². The summed E-state index contributed by atoms with van der Waals surface area (Å²) in [6.07, 6.45) is 3.25. The number of hydrogen-bond acceptors (Lipinski definition) is 6. The fraction of sp³-hybridized carbons (Fsp3) is 0.292. The lowest BCUT2D eigenvalue weighted by atomic mass is 10.0. The number of fused-ring (bicyclic) bond motifs is 6. The van der Waals surface area contributed by atoms with Crippen LogP contribution in [-0.4, -0.2) is 58.9 Å². The van der Waals surface area contributed by atoms with E-state index >= 15 is 0 Å². The van der Waals surface area contributed by atoms with Crippen LogP contribution >= 0.6 is 11.6 Å². The molecule has 8 heteroatoms. The van der Waals surface area contributed by atoms with E-state index in [0.717, 1.165) is 56.0 Å². The number of rotatable bonds is 1. The topological polar surface area (TPSA) is 73.4 Å². The minimum atomic E-state index is 0.0606. The number of carbonyl (C=O) groups is 1. The number of likely N-dealkylation sites (N-methyl/N-ethyl adjacent to an activating group) is 1. The molecule has 1 amide bonds. The molecule has 2 aliphatic heterocycles. The van der Waals surface area contributed by atoms with Crippen LogP contribution in [0.3, 0.4) is 0 Å². The lowest BCUT2D eigenvalue weighted by Gasteiger charge is -2.32. The second kappa shape index (κ2) is 8.76. The zero-order valence-corrected chi connectivity index (χ0v) is 18.7. The van der Waals surface area contributed by atoms with E-state index in [9.17, 15) is 4.79 Å². The van der Waals surface area contributed by atoms with Crippen LogP contribution in [0.1, 0.15) is 21.5 Å². The number of amides is 1. The predicted octanol–water partition coefficient (Wildman–Crippen LogP) is 4.10. The highest BCUT2D eigenvalue weighted by atomic mass is 35.5. The van der Waals surface area contributed by atoms with Crippen LogP contribution in [0.2, 0.25) is 5.02 Å². The molecule has 6 bridgehead atoms. The van der Waals surface area contributed by atoms with E-state index in [1.54, 1.807) is 6.20 Å². The average Bonchev–Trinajstić information content (AvgIpc) is 2.80. The van der Waals surface area contributed by atoms with Gasteiger partial charge in [0.1, 0.15) is 5.02 Å². The first-order valence-electron chi connectivity index (χ1n) is 10.8. The Kier molecular flexibility index (Phi) is 5.68. The summed E-state index contributed by atoms with van der Waals surface area (Å²) in [5, 5.41) is 6.96. The maximum Gasteiger partial charge on any atom is 0.254 e. The minimum absolute atomic E-state index is 0.0606. The van der Waals surface area contributed by atoms with Gasteiger partial charge in [0.2, 0.25) is 5.95 Å². The SMILES string of the molecule is CN1CCN(C(=O)c2cc3cc(c2)Nc2nc(ncc2Cl)Nc2cccc(c2)CC3)CC1. The Morgan fingerprint density at radius 2 is 1.75 bits per heavy atom. The van der Waals surface area contributed by atoms with Gasteiger partial charge in [-0.2, -0.15) is 4.98 Å². The molecule has 0 aliphatic carbocycles. The quantitative estimate of drug-likeness (QED) is 0.583. The second-order valence-electron chi connectivity index (χ2n) is 8.35. The molecule has 0 atom stereocenters. The molecule has 0 radical (unpaired) electrons. The van der Waals surface area contributed by atoms with Crippen molar-refractivity contribution in [1.29, 1.82) is 0 Å². The molecule has 2 N–H and O–H groups in total. The van der Waals surface area contributed by atoms with Crippen LogP contribution in [0, 0.1) is 0 Å². The third-order valence-electron chi connectivity index (χ3n) is 5.92. The van der Waals surface area contributed by atoms with Crippen LogP contribution in [0.15, 0.2) is 48.7 Å². The summed E-state index contributed by atoms with van der Waals surface area (Å²) in [5.41, 5.74) is 4.69. The zero-order chi connectivity index (χ0) is 22.1. The molecule has 1 saturated heterocycles. The van der Waals surface area contributed by atoms with Crippen LogP contribution in [0.4, 0.5) is 23.1 Å². The van der Waals surface area contributed by atoms with Gasteiger partial charge in [-0.05, 0) is 61.3 Å². The van der Waals surface area contributed by atoms with Crippen molar-refractivity contribution in [3.8, 4) is 0 Å². The molecule has 1 aromatic heterocycles. The molecule has 32 heavy (non-hydrogen) atoms. The maximum atomic E-state index is 13.3. The summed E-state index contributed by atoms with van der Waals surface area (Å²) < 4.78 is 0. The number of aromatic nitrogens is 2. The lowest BCUT2D eigenvalue weighted by Crippen LogP contribution is -2.47. The third-order valence-corrected chi connectivity index (χ3v) is 6.20. The van der Waals surface area contributed by atoms with Gasteiger partial charge in [-0.25, -0.2) is 4.98 Å². The van der Waals surface area contributed by atoms with Crippen LogP contribution in [0.25, 0.3) is 0 Å². The molecule has 0 saturated carbocycles. The van der Waals surface area contributed by atoms with Crippen LogP contribution in [-0.2, 0) is 12.8 Å². The van der Waals surface area contributed by atoms with Crippen LogP contribution in [0.5, 0.6) is 0 Å². The molecule has 164 valence electrons. The summed E-state index contributed by atoms with van der Waals surface area (Å²) in [6.45, 7) is 3.25. The predicted molar refractivity (Wildman–Crippen MR) is 127 cm³/mol. The van der Waals surface area contributed by atoms with Crippen molar-refractivity contribution in [1.82, 2.24) is 19.8 Å². The maximum absolute atomic E-state index is 13.3. The van der Waals surface area contributed by atoms with Crippen LogP contribution < -0.4 is 10.6 Å². The van der Waals surface area contributed by atoms with Gasteiger partial charge in [0.05, 0.1) is 6.20 Å². The molecule has 3 aromatic rings.